The first-order chi connectivity index (χ1) is 8.22. The lowest BCUT2D eigenvalue weighted by Crippen LogP contribution is -2.27. The summed E-state index contributed by atoms with van der Waals surface area (Å²) in [7, 11) is 3.30. The molecule has 0 fully saturated rings. The third kappa shape index (κ3) is 4.11. The Morgan fingerprint density at radius 3 is 2.76 bits per heavy atom. The Bertz CT molecular complexity index is 349. The van der Waals surface area contributed by atoms with Crippen molar-refractivity contribution in [2.24, 2.45) is 0 Å². The molecule has 17 heavy (non-hydrogen) atoms. The summed E-state index contributed by atoms with van der Waals surface area (Å²) in [6.07, 6.45) is 2.21. The molecule has 1 unspecified atom stereocenters. The highest BCUT2D eigenvalue weighted by Crippen LogP contribution is 2.19. The normalized spacial score (nSPS) is 12.5. The van der Waals surface area contributed by atoms with Gasteiger partial charge in [-0.15, -0.1) is 0 Å². The maximum Gasteiger partial charge on any atom is 0.137 e. The number of nitrogens with zero attached hydrogens (tertiary/aromatic N) is 2. The minimum absolute atomic E-state index is 0.0153. The second-order valence-electron chi connectivity index (χ2n) is 3.54. The molecule has 1 aromatic rings. The van der Waals surface area contributed by atoms with Gasteiger partial charge in [-0.3, -0.25) is 0 Å². The van der Waals surface area contributed by atoms with E-state index in [1.807, 2.05) is 6.92 Å². The Kier molecular flexibility index (Phi) is 6.18. The Labute approximate surface area is 107 Å². The molecule has 1 atom stereocenters. The fraction of sp³-hybridized carbons (Fsp3) is 0.636. The summed E-state index contributed by atoms with van der Waals surface area (Å²) in [5.74, 6) is 0.755. The van der Waals surface area contributed by atoms with Gasteiger partial charge in [0.2, 0.25) is 0 Å². The fourth-order valence-electron chi connectivity index (χ4n) is 1.46. The van der Waals surface area contributed by atoms with Crippen molar-refractivity contribution in [3.8, 4) is 0 Å². The molecule has 0 aliphatic carbocycles. The molecule has 0 aromatic carbocycles. The molecular formula is C11H18ClN3O2. The van der Waals surface area contributed by atoms with Gasteiger partial charge in [0.25, 0.3) is 0 Å². The number of aromatic nitrogens is 2. The summed E-state index contributed by atoms with van der Waals surface area (Å²) in [4.78, 5) is 8.13. The number of hydrogen-bond acceptors (Lipinski definition) is 5. The van der Waals surface area contributed by atoms with Crippen molar-refractivity contribution in [3.05, 3.63) is 17.0 Å². The molecule has 1 heterocycles. The summed E-state index contributed by atoms with van der Waals surface area (Å²) in [5.41, 5.74) is 0.918. The van der Waals surface area contributed by atoms with Crippen molar-refractivity contribution in [2.75, 3.05) is 32.7 Å². The van der Waals surface area contributed by atoms with E-state index in [0.29, 0.717) is 18.3 Å². The van der Waals surface area contributed by atoms with Crippen LogP contribution < -0.4 is 5.32 Å². The number of rotatable bonds is 7. The van der Waals surface area contributed by atoms with Crippen molar-refractivity contribution in [1.29, 1.82) is 0 Å². The van der Waals surface area contributed by atoms with Crippen LogP contribution in [-0.2, 0) is 15.9 Å². The van der Waals surface area contributed by atoms with Gasteiger partial charge in [0, 0.05) is 26.3 Å². The lowest BCUT2D eigenvalue weighted by atomic mass is 10.2. The summed E-state index contributed by atoms with van der Waals surface area (Å²) < 4.78 is 10.3. The Morgan fingerprint density at radius 2 is 2.18 bits per heavy atom. The molecule has 0 aliphatic rings. The van der Waals surface area contributed by atoms with E-state index in [9.17, 15) is 0 Å². The zero-order chi connectivity index (χ0) is 12.7. The van der Waals surface area contributed by atoms with E-state index in [4.69, 9.17) is 21.1 Å². The average Bonchev–Trinajstić information content (AvgIpc) is 2.34. The first-order valence-electron chi connectivity index (χ1n) is 5.47. The fourth-order valence-corrected chi connectivity index (χ4v) is 1.73. The van der Waals surface area contributed by atoms with Crippen molar-refractivity contribution >= 4 is 17.4 Å². The maximum absolute atomic E-state index is 5.99. The van der Waals surface area contributed by atoms with E-state index in [2.05, 4.69) is 15.3 Å². The Hall–Kier alpha value is -0.910. The second-order valence-corrected chi connectivity index (χ2v) is 3.90. The Morgan fingerprint density at radius 1 is 1.41 bits per heavy atom. The van der Waals surface area contributed by atoms with E-state index in [-0.39, 0.29) is 6.10 Å². The van der Waals surface area contributed by atoms with Crippen molar-refractivity contribution in [2.45, 2.75) is 19.4 Å². The molecular weight excluding hydrogens is 242 g/mol. The van der Waals surface area contributed by atoms with Crippen LogP contribution in [-0.4, -0.2) is 43.4 Å². The van der Waals surface area contributed by atoms with Crippen LogP contribution >= 0.6 is 11.6 Å². The minimum atomic E-state index is -0.0153. The van der Waals surface area contributed by atoms with E-state index in [1.54, 1.807) is 14.2 Å². The van der Waals surface area contributed by atoms with Crippen LogP contribution in [0.25, 0.3) is 0 Å². The summed E-state index contributed by atoms with van der Waals surface area (Å²) in [6.45, 7) is 3.16. The third-order valence-electron chi connectivity index (χ3n) is 2.43. The lowest BCUT2D eigenvalue weighted by Gasteiger charge is -2.16. The molecule has 6 heteroatoms. The zero-order valence-corrected chi connectivity index (χ0v) is 11.1. The predicted octanol–water partition coefficient (Wildman–Crippen LogP) is 1.77. The summed E-state index contributed by atoms with van der Waals surface area (Å²) in [5, 5.41) is 3.69. The average molecular weight is 260 g/mol. The highest BCUT2D eigenvalue weighted by molar-refractivity contribution is 6.30. The quantitative estimate of drug-likeness (QED) is 0.757. The van der Waals surface area contributed by atoms with Crippen molar-refractivity contribution in [3.63, 3.8) is 0 Å². The van der Waals surface area contributed by atoms with Crippen LogP contribution in [0.1, 0.15) is 12.5 Å². The molecule has 0 radical (unpaired) electrons. The smallest absolute Gasteiger partial charge is 0.137 e. The Balaban J connectivity index is 2.65. The third-order valence-corrected chi connectivity index (χ3v) is 2.76. The van der Waals surface area contributed by atoms with Gasteiger partial charge in [0.15, 0.2) is 0 Å². The zero-order valence-electron chi connectivity index (χ0n) is 10.4. The van der Waals surface area contributed by atoms with Crippen LogP contribution in [0.4, 0.5) is 5.82 Å². The largest absolute Gasteiger partial charge is 0.382 e. The molecule has 1 N–H and O–H groups in total. The van der Waals surface area contributed by atoms with E-state index >= 15 is 0 Å². The molecule has 0 bridgehead atoms. The van der Waals surface area contributed by atoms with E-state index in [0.717, 1.165) is 17.8 Å². The van der Waals surface area contributed by atoms with Gasteiger partial charge in [-0.2, -0.15) is 0 Å². The van der Waals surface area contributed by atoms with Crippen LogP contribution in [0.2, 0.25) is 5.15 Å². The van der Waals surface area contributed by atoms with E-state index in [1.165, 1.54) is 6.33 Å². The molecule has 0 amide bonds. The molecule has 0 spiro atoms. The van der Waals surface area contributed by atoms with Crippen molar-refractivity contribution < 1.29 is 9.47 Å². The van der Waals surface area contributed by atoms with Gasteiger partial charge in [0.05, 0.1) is 12.7 Å². The van der Waals surface area contributed by atoms with Crippen molar-refractivity contribution in [1.82, 2.24) is 9.97 Å². The van der Waals surface area contributed by atoms with Gasteiger partial charge in [-0.05, 0) is 6.42 Å². The first kappa shape index (κ1) is 14.2. The number of methoxy groups -OCH3 is 2. The first-order valence-corrected chi connectivity index (χ1v) is 5.85. The molecule has 5 nitrogen and oxygen atoms in total. The van der Waals surface area contributed by atoms with Gasteiger partial charge >= 0.3 is 0 Å². The minimum Gasteiger partial charge on any atom is -0.382 e. The SMILES string of the molecule is CCc1c(Cl)ncnc1NCC(COC)OC. The maximum atomic E-state index is 5.99. The number of anilines is 1. The highest BCUT2D eigenvalue weighted by Gasteiger charge is 2.11. The van der Waals surface area contributed by atoms with Crippen LogP contribution in [0.3, 0.4) is 0 Å². The van der Waals surface area contributed by atoms with Gasteiger partial charge in [-0.1, -0.05) is 18.5 Å². The van der Waals surface area contributed by atoms with Crippen LogP contribution in [0.15, 0.2) is 6.33 Å². The van der Waals surface area contributed by atoms with Gasteiger partial charge in [0.1, 0.15) is 17.3 Å². The number of ether oxygens (including phenoxy) is 2. The summed E-state index contributed by atoms with van der Waals surface area (Å²) in [6, 6.07) is 0. The molecule has 1 rings (SSSR count). The number of halogens is 1. The monoisotopic (exact) mass is 259 g/mol. The molecule has 96 valence electrons. The molecule has 0 saturated carbocycles. The van der Waals surface area contributed by atoms with E-state index < -0.39 is 0 Å². The number of nitrogens with one attached hydrogen (secondary N) is 1. The lowest BCUT2D eigenvalue weighted by molar-refractivity contribution is 0.0365. The number of hydrogen-bond donors (Lipinski definition) is 1. The second kappa shape index (κ2) is 7.42. The van der Waals surface area contributed by atoms with Gasteiger partial charge in [-0.25, -0.2) is 9.97 Å². The highest BCUT2D eigenvalue weighted by atomic mass is 35.5. The molecule has 0 saturated heterocycles. The molecule has 0 aliphatic heterocycles. The predicted molar refractivity (Wildman–Crippen MR) is 67.6 cm³/mol. The topological polar surface area (TPSA) is 56.3 Å². The standard InChI is InChI=1S/C11H18ClN3O2/c1-4-9-10(12)14-7-15-11(9)13-5-8(17-3)6-16-2/h7-8H,4-6H2,1-3H3,(H,13,14,15). The molecule has 1 aromatic heterocycles. The summed E-state index contributed by atoms with van der Waals surface area (Å²) >= 11 is 5.99. The van der Waals surface area contributed by atoms with Crippen LogP contribution in [0.5, 0.6) is 0 Å². The van der Waals surface area contributed by atoms with Crippen LogP contribution in [0, 0.1) is 0 Å². The van der Waals surface area contributed by atoms with Gasteiger partial charge < -0.3 is 14.8 Å².